The summed E-state index contributed by atoms with van der Waals surface area (Å²) in [5.41, 5.74) is 6.88. The maximum absolute atomic E-state index is 12.0. The smallest absolute Gasteiger partial charge is 0.262 e. The lowest BCUT2D eigenvalue weighted by atomic mass is 10.2. The van der Waals surface area contributed by atoms with Crippen LogP contribution in [-0.4, -0.2) is 22.4 Å². The molecule has 0 aromatic carbocycles. The molecule has 2 aromatic heterocycles. The number of carbonyl (C=O) groups is 1. The molecule has 0 unspecified atom stereocenters. The minimum Gasteiger partial charge on any atom is -0.347 e. The Kier molecular flexibility index (Phi) is 4.12. The fourth-order valence-corrected chi connectivity index (χ4v) is 2.13. The van der Waals surface area contributed by atoms with Gasteiger partial charge in [0.25, 0.3) is 5.91 Å². The van der Waals surface area contributed by atoms with Gasteiger partial charge in [0.15, 0.2) is 0 Å². The van der Waals surface area contributed by atoms with Crippen LogP contribution in [0.4, 0.5) is 0 Å². The van der Waals surface area contributed by atoms with Crippen molar-refractivity contribution in [3.05, 3.63) is 40.1 Å². The highest BCUT2D eigenvalue weighted by Gasteiger charge is 2.11. The number of carbonyl (C=O) groups excluding carboxylic acids is 1. The summed E-state index contributed by atoms with van der Waals surface area (Å²) in [6.07, 6.45) is 3.24. The Labute approximate surface area is 108 Å². The summed E-state index contributed by atoms with van der Waals surface area (Å²) in [5.74, 6) is 5.49. The van der Waals surface area contributed by atoms with E-state index >= 15 is 0 Å². The van der Waals surface area contributed by atoms with Crippen molar-refractivity contribution < 1.29 is 4.79 Å². The molecule has 2 rings (SSSR count). The predicted molar refractivity (Wildman–Crippen MR) is 70.0 cm³/mol. The molecule has 0 spiro atoms. The molecule has 0 bridgehead atoms. The molecule has 2 heterocycles. The number of thiophene rings is 1. The second kappa shape index (κ2) is 6.00. The van der Waals surface area contributed by atoms with E-state index in [9.17, 15) is 4.79 Å². The van der Waals surface area contributed by atoms with Gasteiger partial charge in [-0.25, -0.2) is 4.98 Å². The highest BCUT2D eigenvalue weighted by Crippen LogP contribution is 2.15. The zero-order chi connectivity index (χ0) is 12.8. The average Bonchev–Trinajstić information content (AvgIpc) is 3.04. The fourth-order valence-electron chi connectivity index (χ4n) is 1.37. The van der Waals surface area contributed by atoms with Crippen molar-refractivity contribution in [3.63, 3.8) is 0 Å². The third kappa shape index (κ3) is 2.97. The van der Waals surface area contributed by atoms with Crippen LogP contribution in [0.3, 0.4) is 0 Å². The van der Waals surface area contributed by atoms with E-state index < -0.39 is 0 Å². The van der Waals surface area contributed by atoms with E-state index in [2.05, 4.69) is 27.1 Å². The molecule has 0 saturated heterocycles. The summed E-state index contributed by atoms with van der Waals surface area (Å²) in [6, 6.07) is 1.82. The number of hydrogen-bond donors (Lipinski definition) is 3. The van der Waals surface area contributed by atoms with Gasteiger partial charge in [-0.1, -0.05) is 11.8 Å². The second-order valence-corrected chi connectivity index (χ2v) is 4.34. The van der Waals surface area contributed by atoms with Crippen molar-refractivity contribution in [1.82, 2.24) is 15.3 Å². The van der Waals surface area contributed by atoms with Gasteiger partial charge in [0.05, 0.1) is 25.1 Å². The molecule has 18 heavy (non-hydrogen) atoms. The van der Waals surface area contributed by atoms with Crippen LogP contribution in [0.2, 0.25) is 0 Å². The molecule has 0 aliphatic heterocycles. The summed E-state index contributed by atoms with van der Waals surface area (Å²) in [6.45, 7) is 0.700. The van der Waals surface area contributed by atoms with Crippen molar-refractivity contribution in [2.24, 2.45) is 5.73 Å². The number of rotatable bonds is 3. The average molecular weight is 260 g/mol. The Balaban J connectivity index is 2.02. The van der Waals surface area contributed by atoms with Crippen LogP contribution in [-0.2, 0) is 6.54 Å². The molecule has 92 valence electrons. The number of amides is 1. The zero-order valence-corrected chi connectivity index (χ0v) is 10.4. The first-order valence-electron chi connectivity index (χ1n) is 5.33. The molecule has 0 radical (unpaired) electrons. The molecule has 5 nitrogen and oxygen atoms in total. The SMILES string of the molecule is NCC#Cc1ccsc1C(=O)NCc1cnc[nH]1. The van der Waals surface area contributed by atoms with Crippen LogP contribution < -0.4 is 11.1 Å². The minimum absolute atomic E-state index is 0.138. The minimum atomic E-state index is -0.138. The fraction of sp³-hybridized carbons (Fsp3) is 0.167. The summed E-state index contributed by atoms with van der Waals surface area (Å²) < 4.78 is 0. The van der Waals surface area contributed by atoms with Crippen molar-refractivity contribution >= 4 is 17.2 Å². The van der Waals surface area contributed by atoms with Crippen molar-refractivity contribution in [3.8, 4) is 11.8 Å². The van der Waals surface area contributed by atoms with Gasteiger partial charge in [0, 0.05) is 11.8 Å². The Hall–Kier alpha value is -2.10. The van der Waals surface area contributed by atoms with Gasteiger partial charge in [-0.05, 0) is 11.4 Å². The standard InChI is InChI=1S/C12H12N4OS/c13-4-1-2-9-3-5-18-11(9)12(17)15-7-10-6-14-8-16-10/h3,5-6,8H,4,7,13H2,(H,14,16)(H,15,17). The molecule has 0 aliphatic rings. The molecular weight excluding hydrogens is 248 g/mol. The van der Waals surface area contributed by atoms with E-state index in [1.165, 1.54) is 11.3 Å². The topological polar surface area (TPSA) is 83.8 Å². The van der Waals surface area contributed by atoms with Crippen molar-refractivity contribution in [1.29, 1.82) is 0 Å². The second-order valence-electron chi connectivity index (χ2n) is 3.43. The lowest BCUT2D eigenvalue weighted by Crippen LogP contribution is -2.22. The van der Waals surface area contributed by atoms with Gasteiger partial charge in [0.1, 0.15) is 4.88 Å². The third-order valence-corrected chi connectivity index (χ3v) is 3.10. The third-order valence-electron chi connectivity index (χ3n) is 2.19. The van der Waals surface area contributed by atoms with Crippen LogP contribution in [0, 0.1) is 11.8 Å². The molecule has 0 fully saturated rings. The summed E-state index contributed by atoms with van der Waals surface area (Å²) in [5, 5.41) is 4.64. The largest absolute Gasteiger partial charge is 0.347 e. The number of nitrogens with one attached hydrogen (secondary N) is 2. The van der Waals surface area contributed by atoms with Crippen LogP contribution in [0.25, 0.3) is 0 Å². The number of aromatic amines is 1. The molecule has 6 heteroatoms. The maximum Gasteiger partial charge on any atom is 0.262 e. The molecular formula is C12H12N4OS. The molecule has 1 amide bonds. The first kappa shape index (κ1) is 12.4. The van der Waals surface area contributed by atoms with Gasteiger partial charge in [-0.3, -0.25) is 4.79 Å². The van der Waals surface area contributed by atoms with E-state index in [1.54, 1.807) is 12.5 Å². The van der Waals surface area contributed by atoms with Crippen LogP contribution in [0.1, 0.15) is 20.9 Å². The zero-order valence-electron chi connectivity index (χ0n) is 9.56. The van der Waals surface area contributed by atoms with E-state index in [-0.39, 0.29) is 12.5 Å². The first-order valence-corrected chi connectivity index (χ1v) is 6.21. The number of hydrogen-bond acceptors (Lipinski definition) is 4. The number of nitrogens with two attached hydrogens (primary N) is 1. The predicted octanol–water partition coefficient (Wildman–Crippen LogP) is 0.711. The monoisotopic (exact) mass is 260 g/mol. The lowest BCUT2D eigenvalue weighted by Gasteiger charge is -2.01. The van der Waals surface area contributed by atoms with Gasteiger partial charge in [-0.2, -0.15) is 0 Å². The quantitative estimate of drug-likeness (QED) is 0.711. The van der Waals surface area contributed by atoms with Gasteiger partial charge in [-0.15, -0.1) is 11.3 Å². The first-order chi connectivity index (χ1) is 8.81. The maximum atomic E-state index is 12.0. The van der Waals surface area contributed by atoms with E-state index in [1.807, 2.05) is 11.4 Å². The molecule has 0 saturated carbocycles. The van der Waals surface area contributed by atoms with E-state index in [0.717, 1.165) is 5.69 Å². The Morgan fingerprint density at radius 1 is 1.61 bits per heavy atom. The number of nitrogens with zero attached hydrogens (tertiary/aromatic N) is 1. The molecule has 4 N–H and O–H groups in total. The van der Waals surface area contributed by atoms with Crippen LogP contribution in [0.5, 0.6) is 0 Å². The highest BCUT2D eigenvalue weighted by molar-refractivity contribution is 7.12. The van der Waals surface area contributed by atoms with Crippen LogP contribution in [0.15, 0.2) is 24.0 Å². The molecule has 0 aliphatic carbocycles. The summed E-state index contributed by atoms with van der Waals surface area (Å²) in [7, 11) is 0. The number of H-pyrrole nitrogens is 1. The lowest BCUT2D eigenvalue weighted by molar-refractivity contribution is 0.0954. The number of imidazole rings is 1. The highest BCUT2D eigenvalue weighted by atomic mass is 32.1. The van der Waals surface area contributed by atoms with Gasteiger partial charge >= 0.3 is 0 Å². The summed E-state index contributed by atoms with van der Waals surface area (Å²) in [4.78, 5) is 19.4. The Morgan fingerprint density at radius 3 is 3.22 bits per heavy atom. The van der Waals surface area contributed by atoms with Crippen molar-refractivity contribution in [2.75, 3.05) is 6.54 Å². The van der Waals surface area contributed by atoms with E-state index in [0.29, 0.717) is 17.0 Å². The Bertz CT molecular complexity index is 577. The van der Waals surface area contributed by atoms with Crippen LogP contribution >= 0.6 is 11.3 Å². The van der Waals surface area contributed by atoms with Crippen molar-refractivity contribution in [2.45, 2.75) is 6.54 Å². The van der Waals surface area contributed by atoms with E-state index in [4.69, 9.17) is 5.73 Å². The molecule has 2 aromatic rings. The Morgan fingerprint density at radius 2 is 2.50 bits per heavy atom. The molecule has 0 atom stereocenters. The number of aromatic nitrogens is 2. The summed E-state index contributed by atoms with van der Waals surface area (Å²) >= 11 is 1.36. The van der Waals surface area contributed by atoms with Gasteiger partial charge < -0.3 is 16.0 Å². The van der Waals surface area contributed by atoms with Gasteiger partial charge in [0.2, 0.25) is 0 Å². The normalized spacial score (nSPS) is 9.61.